The van der Waals surface area contributed by atoms with E-state index in [-0.39, 0.29) is 11.7 Å². The van der Waals surface area contributed by atoms with Crippen molar-refractivity contribution in [3.05, 3.63) is 35.4 Å². The second kappa shape index (κ2) is 6.08. The predicted molar refractivity (Wildman–Crippen MR) is 73.1 cm³/mol. The molecule has 0 amide bonds. The monoisotopic (exact) mass is 289 g/mol. The predicted octanol–water partition coefficient (Wildman–Crippen LogP) is 0.957. The average Bonchev–Trinajstić information content (AvgIpc) is 2.78. The van der Waals surface area contributed by atoms with Crippen molar-refractivity contribution in [1.82, 2.24) is 14.8 Å². The van der Waals surface area contributed by atoms with E-state index in [1.165, 1.54) is 0 Å². The molecule has 0 atom stereocenters. The number of carboxylic acid groups (broad SMARTS) is 1. The summed E-state index contributed by atoms with van der Waals surface area (Å²) in [5.41, 5.74) is 7.15. The summed E-state index contributed by atoms with van der Waals surface area (Å²) in [5.74, 6) is -0.842. The Morgan fingerprint density at radius 1 is 1.50 bits per heavy atom. The van der Waals surface area contributed by atoms with Gasteiger partial charge in [0.1, 0.15) is 0 Å². The van der Waals surface area contributed by atoms with E-state index in [9.17, 15) is 4.79 Å². The van der Waals surface area contributed by atoms with Gasteiger partial charge in [0.2, 0.25) is 5.95 Å². The van der Waals surface area contributed by atoms with Gasteiger partial charge in [-0.25, -0.2) is 0 Å². The van der Waals surface area contributed by atoms with Crippen LogP contribution in [0, 0.1) is 11.3 Å². The Bertz CT molecular complexity index is 677. The van der Waals surface area contributed by atoms with Gasteiger partial charge in [-0.15, -0.1) is 10.2 Å². The number of anilines is 1. The van der Waals surface area contributed by atoms with Gasteiger partial charge in [-0.05, 0) is 17.7 Å². The van der Waals surface area contributed by atoms with Crippen LogP contribution in [0.5, 0.6) is 0 Å². The maximum absolute atomic E-state index is 10.6. The molecule has 1 heterocycles. The van der Waals surface area contributed by atoms with Crippen LogP contribution in [-0.4, -0.2) is 31.6 Å². The van der Waals surface area contributed by atoms with Crippen LogP contribution in [0.15, 0.2) is 29.4 Å². The van der Waals surface area contributed by atoms with Crippen molar-refractivity contribution in [2.45, 2.75) is 11.7 Å². The summed E-state index contributed by atoms with van der Waals surface area (Å²) in [5, 5.41) is 25.6. The molecule has 0 aliphatic rings. The number of aromatic nitrogens is 3. The van der Waals surface area contributed by atoms with Gasteiger partial charge in [-0.3, -0.25) is 9.36 Å². The molecule has 7 nitrogen and oxygen atoms in total. The topological polar surface area (TPSA) is 118 Å². The fourth-order valence-corrected chi connectivity index (χ4v) is 2.27. The average molecular weight is 289 g/mol. The smallest absolute Gasteiger partial charge is 0.313 e. The molecule has 0 radical (unpaired) electrons. The summed E-state index contributed by atoms with van der Waals surface area (Å²) in [6, 6.07) is 9.14. The lowest BCUT2D eigenvalue weighted by atomic mass is 10.1. The first-order valence-corrected chi connectivity index (χ1v) is 6.61. The number of nitrogens with zero attached hydrogens (tertiary/aromatic N) is 4. The van der Waals surface area contributed by atoms with Crippen LogP contribution >= 0.6 is 11.8 Å². The number of hydrogen-bond donors (Lipinski definition) is 2. The molecule has 0 fully saturated rings. The quantitative estimate of drug-likeness (QED) is 0.787. The molecule has 0 unspecified atom stereocenters. The van der Waals surface area contributed by atoms with Crippen LogP contribution in [0.1, 0.15) is 11.1 Å². The Morgan fingerprint density at radius 2 is 2.30 bits per heavy atom. The molecule has 2 aromatic rings. The summed E-state index contributed by atoms with van der Waals surface area (Å²) in [6.07, 6.45) is 0. The molecular formula is C12H11N5O2S. The van der Waals surface area contributed by atoms with Crippen LogP contribution in [0.25, 0.3) is 0 Å². The highest BCUT2D eigenvalue weighted by molar-refractivity contribution is 7.99. The number of carboxylic acids is 1. The van der Waals surface area contributed by atoms with E-state index in [1.54, 1.807) is 22.8 Å². The Hall–Kier alpha value is -2.53. The molecule has 0 spiro atoms. The highest BCUT2D eigenvalue weighted by atomic mass is 32.2. The SMILES string of the molecule is N#Cc1cccc(Cn2c(N)nnc2SCC(=O)O)c1. The molecule has 20 heavy (non-hydrogen) atoms. The van der Waals surface area contributed by atoms with Gasteiger partial charge < -0.3 is 10.8 Å². The maximum atomic E-state index is 10.6. The van der Waals surface area contributed by atoms with Crippen molar-refractivity contribution < 1.29 is 9.90 Å². The molecule has 1 aromatic carbocycles. The minimum atomic E-state index is -0.936. The van der Waals surface area contributed by atoms with Gasteiger partial charge in [-0.2, -0.15) is 5.26 Å². The second-order valence-electron chi connectivity index (χ2n) is 3.92. The van der Waals surface area contributed by atoms with E-state index >= 15 is 0 Å². The summed E-state index contributed by atoms with van der Waals surface area (Å²) >= 11 is 1.05. The Balaban J connectivity index is 2.22. The molecule has 8 heteroatoms. The van der Waals surface area contributed by atoms with E-state index in [1.807, 2.05) is 6.07 Å². The Labute approximate surface area is 119 Å². The lowest BCUT2D eigenvalue weighted by Crippen LogP contribution is -2.07. The number of aliphatic carboxylic acids is 1. The van der Waals surface area contributed by atoms with Crippen LogP contribution in [0.4, 0.5) is 5.95 Å². The molecular weight excluding hydrogens is 278 g/mol. The Morgan fingerprint density at radius 3 is 3.00 bits per heavy atom. The van der Waals surface area contributed by atoms with Crippen molar-refractivity contribution in [3.8, 4) is 6.07 Å². The third kappa shape index (κ3) is 3.27. The second-order valence-corrected chi connectivity index (χ2v) is 4.86. The zero-order chi connectivity index (χ0) is 14.5. The molecule has 2 rings (SSSR count). The normalized spacial score (nSPS) is 10.2. The minimum Gasteiger partial charge on any atom is -0.481 e. The first-order chi connectivity index (χ1) is 9.60. The van der Waals surface area contributed by atoms with Gasteiger partial charge in [-0.1, -0.05) is 23.9 Å². The highest BCUT2D eigenvalue weighted by Gasteiger charge is 2.12. The van der Waals surface area contributed by atoms with Crippen molar-refractivity contribution in [1.29, 1.82) is 5.26 Å². The van der Waals surface area contributed by atoms with Crippen LogP contribution in [0.3, 0.4) is 0 Å². The fraction of sp³-hybridized carbons (Fsp3) is 0.167. The number of rotatable bonds is 5. The maximum Gasteiger partial charge on any atom is 0.313 e. The molecule has 102 valence electrons. The van der Waals surface area contributed by atoms with E-state index in [0.717, 1.165) is 17.3 Å². The lowest BCUT2D eigenvalue weighted by molar-refractivity contribution is -0.133. The summed E-state index contributed by atoms with van der Waals surface area (Å²) < 4.78 is 1.62. The Kier molecular flexibility index (Phi) is 4.22. The number of nitrogens with two attached hydrogens (primary N) is 1. The number of hydrogen-bond acceptors (Lipinski definition) is 6. The van der Waals surface area contributed by atoms with Crippen LogP contribution in [0.2, 0.25) is 0 Å². The van der Waals surface area contributed by atoms with Gasteiger partial charge in [0.15, 0.2) is 5.16 Å². The van der Waals surface area contributed by atoms with E-state index < -0.39 is 5.97 Å². The first-order valence-electron chi connectivity index (χ1n) is 5.62. The molecule has 3 N–H and O–H groups in total. The molecule has 1 aromatic heterocycles. The fourth-order valence-electron chi connectivity index (χ4n) is 1.60. The van der Waals surface area contributed by atoms with Crippen molar-refractivity contribution in [3.63, 3.8) is 0 Å². The number of benzene rings is 1. The van der Waals surface area contributed by atoms with Gasteiger partial charge in [0.25, 0.3) is 0 Å². The van der Waals surface area contributed by atoms with Gasteiger partial charge in [0.05, 0.1) is 23.9 Å². The zero-order valence-corrected chi connectivity index (χ0v) is 11.2. The van der Waals surface area contributed by atoms with Gasteiger partial charge >= 0.3 is 5.97 Å². The number of carbonyl (C=O) groups is 1. The van der Waals surface area contributed by atoms with Crippen molar-refractivity contribution in [2.75, 3.05) is 11.5 Å². The zero-order valence-electron chi connectivity index (χ0n) is 10.4. The number of nitriles is 1. The van der Waals surface area contributed by atoms with Crippen molar-refractivity contribution >= 4 is 23.7 Å². The third-order valence-electron chi connectivity index (χ3n) is 2.47. The number of nitrogen functional groups attached to an aromatic ring is 1. The van der Waals surface area contributed by atoms with E-state index in [2.05, 4.69) is 16.3 Å². The lowest BCUT2D eigenvalue weighted by Gasteiger charge is -2.07. The van der Waals surface area contributed by atoms with Gasteiger partial charge in [0, 0.05) is 0 Å². The molecule has 0 aliphatic carbocycles. The molecule has 0 saturated carbocycles. The molecule has 0 saturated heterocycles. The molecule has 0 aliphatic heterocycles. The van der Waals surface area contributed by atoms with Crippen LogP contribution in [-0.2, 0) is 11.3 Å². The number of thioether (sulfide) groups is 1. The largest absolute Gasteiger partial charge is 0.481 e. The summed E-state index contributed by atoms with van der Waals surface area (Å²) in [4.78, 5) is 10.6. The van der Waals surface area contributed by atoms with Crippen LogP contribution < -0.4 is 5.73 Å². The summed E-state index contributed by atoms with van der Waals surface area (Å²) in [6.45, 7) is 0.385. The van der Waals surface area contributed by atoms with Crippen molar-refractivity contribution in [2.24, 2.45) is 0 Å². The third-order valence-corrected chi connectivity index (χ3v) is 3.42. The summed E-state index contributed by atoms with van der Waals surface area (Å²) in [7, 11) is 0. The van der Waals surface area contributed by atoms with E-state index in [4.69, 9.17) is 16.1 Å². The first kappa shape index (κ1) is 13.9. The van der Waals surface area contributed by atoms with E-state index in [0.29, 0.717) is 17.3 Å². The molecule has 0 bridgehead atoms. The highest BCUT2D eigenvalue weighted by Crippen LogP contribution is 2.19. The minimum absolute atomic E-state index is 0.115. The standard InChI is InChI=1S/C12H11N5O2S/c13-5-8-2-1-3-9(4-8)6-17-11(14)15-16-12(17)20-7-10(18)19/h1-4H,6-7H2,(H2,14,15)(H,18,19).